The molecule has 7 heteroatoms. The molecule has 0 fully saturated rings. The summed E-state index contributed by atoms with van der Waals surface area (Å²) in [5.41, 5.74) is 0. The zero-order chi connectivity index (χ0) is 10.2. The third-order valence-corrected chi connectivity index (χ3v) is 1.40. The lowest BCUT2D eigenvalue weighted by Crippen LogP contribution is -2.50. The first-order valence-corrected chi connectivity index (χ1v) is 3.11. The zero-order valence-corrected chi connectivity index (χ0v) is 6.51. The van der Waals surface area contributed by atoms with Gasteiger partial charge in [0.2, 0.25) is 0 Å². The zero-order valence-electron chi connectivity index (χ0n) is 5.75. The molecule has 0 saturated heterocycles. The molecule has 1 unspecified atom stereocenters. The van der Waals surface area contributed by atoms with Gasteiger partial charge in [0.05, 0.1) is 0 Å². The van der Waals surface area contributed by atoms with Crippen molar-refractivity contribution in [3.63, 3.8) is 0 Å². The van der Waals surface area contributed by atoms with Crippen molar-refractivity contribution >= 4 is 16.8 Å². The summed E-state index contributed by atoms with van der Waals surface area (Å²) in [7, 11) is 0. The number of hydrogen-bond donors (Lipinski definition) is 0. The Kier molecular flexibility index (Phi) is 3.06. The molecule has 0 saturated carbocycles. The van der Waals surface area contributed by atoms with Crippen LogP contribution < -0.4 is 0 Å². The van der Waals surface area contributed by atoms with Crippen LogP contribution in [0.25, 0.3) is 0 Å². The Morgan fingerprint density at radius 2 is 1.67 bits per heavy atom. The lowest BCUT2D eigenvalue weighted by molar-refractivity contribution is -0.223. The summed E-state index contributed by atoms with van der Waals surface area (Å²) < 4.78 is 60.4. The summed E-state index contributed by atoms with van der Waals surface area (Å²) in [5.74, 6) is -10.2. The quantitative estimate of drug-likeness (QED) is 0.516. The molecular formula is C5H4ClF5O. The van der Waals surface area contributed by atoms with E-state index in [0.29, 0.717) is 0 Å². The molecule has 0 spiro atoms. The van der Waals surface area contributed by atoms with E-state index in [1.807, 2.05) is 0 Å². The molecule has 0 N–H and O–H groups in total. The van der Waals surface area contributed by atoms with Gasteiger partial charge < -0.3 is 0 Å². The maximum atomic E-state index is 12.1. The molecule has 72 valence electrons. The molecule has 0 aliphatic rings. The highest BCUT2D eigenvalue weighted by Crippen LogP contribution is 2.39. The molecule has 0 aliphatic carbocycles. The van der Waals surface area contributed by atoms with Crippen LogP contribution in [0.5, 0.6) is 0 Å². The van der Waals surface area contributed by atoms with E-state index in [0.717, 1.165) is 0 Å². The Morgan fingerprint density at radius 3 is 1.75 bits per heavy atom. The van der Waals surface area contributed by atoms with Crippen molar-refractivity contribution in [3.05, 3.63) is 0 Å². The molecule has 0 aromatic heterocycles. The highest BCUT2D eigenvalue weighted by molar-refractivity contribution is 6.65. The molecule has 0 radical (unpaired) electrons. The summed E-state index contributed by atoms with van der Waals surface area (Å²) in [4.78, 5) is 9.79. The second-order valence-electron chi connectivity index (χ2n) is 2.09. The van der Waals surface area contributed by atoms with Crippen molar-refractivity contribution in [2.75, 3.05) is 0 Å². The van der Waals surface area contributed by atoms with Gasteiger partial charge in [-0.25, -0.2) is 4.39 Å². The smallest absolute Gasteiger partial charge is 0.274 e. The minimum absolute atomic E-state index is 0.216. The van der Waals surface area contributed by atoms with E-state index in [4.69, 9.17) is 0 Å². The van der Waals surface area contributed by atoms with Crippen LogP contribution >= 0.6 is 11.6 Å². The predicted molar refractivity (Wildman–Crippen MR) is 31.3 cm³/mol. The molecule has 0 aromatic carbocycles. The molecule has 0 amide bonds. The Hall–Kier alpha value is -0.390. The summed E-state index contributed by atoms with van der Waals surface area (Å²) in [6.07, 6.45) is -3.14. The lowest BCUT2D eigenvalue weighted by Gasteiger charge is -2.23. The first kappa shape index (κ1) is 11.6. The number of halogens is 6. The van der Waals surface area contributed by atoms with Crippen molar-refractivity contribution in [1.29, 1.82) is 0 Å². The Bertz CT molecular complexity index is 190. The highest BCUT2D eigenvalue weighted by atomic mass is 35.5. The number of carbonyl (C=O) groups is 1. The minimum Gasteiger partial charge on any atom is -0.274 e. The van der Waals surface area contributed by atoms with Crippen molar-refractivity contribution < 1.29 is 26.7 Å². The van der Waals surface area contributed by atoms with Gasteiger partial charge in [-0.15, -0.1) is 0 Å². The standard InChI is InChI=1S/C5H4ClF5O/c1-2(7)4(8,9)5(10,11)3(6)12/h2H,1H3. The Labute approximate surface area is 69.5 Å². The number of carbonyl (C=O) groups excluding carboxylic acids is 1. The summed E-state index contributed by atoms with van der Waals surface area (Å²) in [6, 6.07) is 0. The molecular weight excluding hydrogens is 206 g/mol. The van der Waals surface area contributed by atoms with Crippen LogP contribution in [0, 0.1) is 0 Å². The van der Waals surface area contributed by atoms with Crippen LogP contribution in [0.2, 0.25) is 0 Å². The van der Waals surface area contributed by atoms with E-state index < -0.39 is 23.3 Å². The minimum atomic E-state index is -5.16. The van der Waals surface area contributed by atoms with Crippen LogP contribution in [0.15, 0.2) is 0 Å². The average Bonchev–Trinajstić information content (AvgIpc) is 1.86. The monoisotopic (exact) mass is 210 g/mol. The normalized spacial score (nSPS) is 15.9. The SMILES string of the molecule is CC(F)C(F)(F)C(F)(F)C(=O)Cl. The maximum absolute atomic E-state index is 12.1. The van der Waals surface area contributed by atoms with Gasteiger partial charge in [0.25, 0.3) is 5.24 Å². The van der Waals surface area contributed by atoms with Crippen molar-refractivity contribution in [3.8, 4) is 0 Å². The van der Waals surface area contributed by atoms with Gasteiger partial charge in [-0.05, 0) is 18.5 Å². The van der Waals surface area contributed by atoms with Crippen LogP contribution in [0.3, 0.4) is 0 Å². The lowest BCUT2D eigenvalue weighted by atomic mass is 10.1. The Morgan fingerprint density at radius 1 is 1.33 bits per heavy atom. The summed E-state index contributed by atoms with van der Waals surface area (Å²) in [6.45, 7) is 0.216. The first-order valence-electron chi connectivity index (χ1n) is 2.73. The van der Waals surface area contributed by atoms with E-state index in [9.17, 15) is 26.7 Å². The van der Waals surface area contributed by atoms with Crippen molar-refractivity contribution in [2.24, 2.45) is 0 Å². The molecule has 0 aromatic rings. The Balaban J connectivity index is 4.88. The van der Waals surface area contributed by atoms with Crippen LogP contribution in [-0.4, -0.2) is 23.3 Å². The van der Waals surface area contributed by atoms with E-state index in [1.165, 1.54) is 0 Å². The predicted octanol–water partition coefficient (Wildman–Crippen LogP) is 2.38. The van der Waals surface area contributed by atoms with Gasteiger partial charge in [0.15, 0.2) is 6.17 Å². The number of hydrogen-bond acceptors (Lipinski definition) is 1. The first-order chi connectivity index (χ1) is 5.14. The van der Waals surface area contributed by atoms with Gasteiger partial charge in [0, 0.05) is 0 Å². The largest absolute Gasteiger partial charge is 0.384 e. The van der Waals surface area contributed by atoms with E-state index in [1.54, 1.807) is 0 Å². The van der Waals surface area contributed by atoms with Crippen molar-refractivity contribution in [2.45, 2.75) is 24.9 Å². The van der Waals surface area contributed by atoms with Gasteiger partial charge >= 0.3 is 11.8 Å². The van der Waals surface area contributed by atoms with Gasteiger partial charge in [0.1, 0.15) is 0 Å². The molecule has 0 heterocycles. The fourth-order valence-corrected chi connectivity index (χ4v) is 0.507. The average molecular weight is 211 g/mol. The molecule has 0 rings (SSSR count). The number of alkyl halides is 5. The van der Waals surface area contributed by atoms with Gasteiger partial charge in [-0.3, -0.25) is 4.79 Å². The van der Waals surface area contributed by atoms with Gasteiger partial charge in [-0.2, -0.15) is 17.6 Å². The molecule has 1 atom stereocenters. The van der Waals surface area contributed by atoms with E-state index in [-0.39, 0.29) is 6.92 Å². The molecule has 12 heavy (non-hydrogen) atoms. The third-order valence-electron chi connectivity index (χ3n) is 1.17. The molecule has 0 bridgehead atoms. The molecule has 1 nitrogen and oxygen atoms in total. The van der Waals surface area contributed by atoms with Crippen LogP contribution in [-0.2, 0) is 4.79 Å². The van der Waals surface area contributed by atoms with E-state index >= 15 is 0 Å². The fraction of sp³-hybridized carbons (Fsp3) is 0.800. The topological polar surface area (TPSA) is 17.1 Å². The fourth-order valence-electron chi connectivity index (χ4n) is 0.381. The maximum Gasteiger partial charge on any atom is 0.384 e. The molecule has 0 aliphatic heterocycles. The van der Waals surface area contributed by atoms with Crippen molar-refractivity contribution in [1.82, 2.24) is 0 Å². The van der Waals surface area contributed by atoms with Gasteiger partial charge in [-0.1, -0.05) is 0 Å². The summed E-state index contributed by atoms with van der Waals surface area (Å²) >= 11 is 4.16. The van der Waals surface area contributed by atoms with Crippen LogP contribution in [0.1, 0.15) is 6.92 Å². The van der Waals surface area contributed by atoms with E-state index in [2.05, 4.69) is 11.6 Å². The van der Waals surface area contributed by atoms with Crippen LogP contribution in [0.4, 0.5) is 22.0 Å². The highest BCUT2D eigenvalue weighted by Gasteiger charge is 2.64. The second-order valence-corrected chi connectivity index (χ2v) is 2.43. The second kappa shape index (κ2) is 3.16. The summed E-state index contributed by atoms with van der Waals surface area (Å²) in [5, 5.41) is -2.57. The third kappa shape index (κ3) is 1.68. The number of rotatable bonds is 3.